The van der Waals surface area contributed by atoms with Crippen LogP contribution in [0.4, 0.5) is 11.4 Å². The molecule has 1 aromatic heterocycles. The van der Waals surface area contributed by atoms with Crippen molar-refractivity contribution in [1.82, 2.24) is 10.2 Å². The van der Waals surface area contributed by atoms with E-state index < -0.39 is 0 Å². The van der Waals surface area contributed by atoms with E-state index in [1.54, 1.807) is 0 Å². The van der Waals surface area contributed by atoms with E-state index in [4.69, 9.17) is 0 Å². The fraction of sp³-hybridized carbons (Fsp3) is 0.250. The third-order valence-electron chi connectivity index (χ3n) is 2.39. The number of hydrogen-bond acceptors (Lipinski definition) is 3. The Bertz CT molecular complexity index is 489. The van der Waals surface area contributed by atoms with Crippen molar-refractivity contribution in [2.75, 3.05) is 0 Å². The van der Waals surface area contributed by atoms with Crippen molar-refractivity contribution in [3.63, 3.8) is 0 Å². The molecule has 0 unspecified atom stereocenters. The molecular weight excluding hydrogens is 200 g/mol. The van der Waals surface area contributed by atoms with E-state index in [0.717, 1.165) is 22.8 Å². The van der Waals surface area contributed by atoms with Crippen LogP contribution in [0.1, 0.15) is 17.0 Å². The van der Waals surface area contributed by atoms with Gasteiger partial charge in [0.15, 0.2) is 0 Å². The normalized spacial score (nSPS) is 11.2. The van der Waals surface area contributed by atoms with Crippen LogP contribution in [0.2, 0.25) is 0 Å². The first-order chi connectivity index (χ1) is 7.66. The second-order valence-corrected chi connectivity index (χ2v) is 3.82. The minimum Gasteiger partial charge on any atom is -0.280 e. The monoisotopic (exact) mass is 214 g/mol. The van der Waals surface area contributed by atoms with E-state index in [1.807, 2.05) is 45.0 Å². The number of rotatable bonds is 2. The Morgan fingerprint density at radius 2 is 1.69 bits per heavy atom. The van der Waals surface area contributed by atoms with E-state index in [1.165, 1.54) is 5.56 Å². The Labute approximate surface area is 94.4 Å². The number of nitrogens with zero attached hydrogens (tertiary/aromatic N) is 3. The summed E-state index contributed by atoms with van der Waals surface area (Å²) in [6.45, 7) is 5.89. The molecule has 0 aliphatic heterocycles. The van der Waals surface area contributed by atoms with E-state index in [0.29, 0.717) is 0 Å². The van der Waals surface area contributed by atoms with Gasteiger partial charge in [-0.25, -0.2) is 0 Å². The van der Waals surface area contributed by atoms with Gasteiger partial charge in [-0.1, -0.05) is 17.7 Å². The third-order valence-corrected chi connectivity index (χ3v) is 2.39. The highest BCUT2D eigenvalue weighted by atomic mass is 15.2. The second-order valence-electron chi connectivity index (χ2n) is 3.82. The van der Waals surface area contributed by atoms with Gasteiger partial charge in [0.05, 0.1) is 17.1 Å². The molecule has 0 radical (unpaired) electrons. The molecule has 0 aliphatic carbocycles. The highest BCUT2D eigenvalue weighted by Crippen LogP contribution is 2.23. The first-order valence-electron chi connectivity index (χ1n) is 5.17. The Balaban J connectivity index is 2.24. The quantitative estimate of drug-likeness (QED) is 0.760. The standard InChI is InChI=1S/C12H14N4/c1-8-4-6-11(7-5-8)15-16-12-9(2)13-14-10(12)3/h4-7H,1-3H3,(H,13,14)/b16-15+. The van der Waals surface area contributed by atoms with E-state index in [9.17, 15) is 0 Å². The van der Waals surface area contributed by atoms with Crippen molar-refractivity contribution in [3.05, 3.63) is 41.2 Å². The summed E-state index contributed by atoms with van der Waals surface area (Å²) in [6.07, 6.45) is 0. The van der Waals surface area contributed by atoms with Gasteiger partial charge in [0.25, 0.3) is 0 Å². The lowest BCUT2D eigenvalue weighted by Gasteiger charge is -1.94. The largest absolute Gasteiger partial charge is 0.280 e. The van der Waals surface area contributed by atoms with Gasteiger partial charge in [-0.2, -0.15) is 10.2 Å². The number of H-pyrrole nitrogens is 1. The van der Waals surface area contributed by atoms with Crippen LogP contribution >= 0.6 is 0 Å². The average Bonchev–Trinajstić information content (AvgIpc) is 2.59. The van der Waals surface area contributed by atoms with Crippen LogP contribution in [0, 0.1) is 20.8 Å². The van der Waals surface area contributed by atoms with E-state index in [2.05, 4.69) is 20.4 Å². The molecule has 82 valence electrons. The molecule has 0 bridgehead atoms. The van der Waals surface area contributed by atoms with Crippen LogP contribution in [-0.2, 0) is 0 Å². The molecule has 0 amide bonds. The van der Waals surface area contributed by atoms with Crippen LogP contribution in [0.15, 0.2) is 34.5 Å². The van der Waals surface area contributed by atoms with Crippen molar-refractivity contribution in [2.24, 2.45) is 10.2 Å². The Kier molecular flexibility index (Phi) is 2.81. The molecule has 0 atom stereocenters. The maximum Gasteiger partial charge on any atom is 0.129 e. The molecule has 1 heterocycles. The van der Waals surface area contributed by atoms with Gasteiger partial charge in [-0.15, -0.1) is 5.11 Å². The third kappa shape index (κ3) is 2.16. The lowest BCUT2D eigenvalue weighted by atomic mass is 10.2. The maximum absolute atomic E-state index is 4.20. The van der Waals surface area contributed by atoms with Crippen LogP contribution in [0.5, 0.6) is 0 Å². The van der Waals surface area contributed by atoms with Gasteiger partial charge in [0.1, 0.15) is 5.69 Å². The molecule has 16 heavy (non-hydrogen) atoms. The fourth-order valence-corrected chi connectivity index (χ4v) is 1.41. The summed E-state index contributed by atoms with van der Waals surface area (Å²) in [7, 11) is 0. The zero-order valence-electron chi connectivity index (χ0n) is 9.65. The molecule has 4 heteroatoms. The minimum atomic E-state index is 0.820. The van der Waals surface area contributed by atoms with Gasteiger partial charge in [0, 0.05) is 0 Å². The molecular formula is C12H14N4. The average molecular weight is 214 g/mol. The summed E-state index contributed by atoms with van der Waals surface area (Å²) in [4.78, 5) is 0. The number of hydrogen-bond donors (Lipinski definition) is 1. The molecule has 0 fully saturated rings. The molecule has 4 nitrogen and oxygen atoms in total. The number of aromatic nitrogens is 2. The summed E-state index contributed by atoms with van der Waals surface area (Å²) < 4.78 is 0. The van der Waals surface area contributed by atoms with Crippen LogP contribution in [0.3, 0.4) is 0 Å². The first kappa shape index (κ1) is 10.5. The van der Waals surface area contributed by atoms with E-state index >= 15 is 0 Å². The highest BCUT2D eigenvalue weighted by molar-refractivity contribution is 5.46. The molecule has 0 aliphatic rings. The zero-order valence-corrected chi connectivity index (χ0v) is 9.65. The van der Waals surface area contributed by atoms with Gasteiger partial charge in [-0.05, 0) is 32.9 Å². The fourth-order valence-electron chi connectivity index (χ4n) is 1.41. The van der Waals surface area contributed by atoms with Crippen molar-refractivity contribution in [1.29, 1.82) is 0 Å². The predicted octanol–water partition coefficient (Wildman–Crippen LogP) is 3.75. The predicted molar refractivity (Wildman–Crippen MR) is 63.4 cm³/mol. The summed E-state index contributed by atoms with van der Waals surface area (Å²) >= 11 is 0. The number of aryl methyl sites for hydroxylation is 3. The zero-order chi connectivity index (χ0) is 11.5. The van der Waals surface area contributed by atoms with Crippen LogP contribution in [-0.4, -0.2) is 10.2 Å². The van der Waals surface area contributed by atoms with Crippen molar-refractivity contribution in [3.8, 4) is 0 Å². The first-order valence-corrected chi connectivity index (χ1v) is 5.17. The van der Waals surface area contributed by atoms with Crippen molar-refractivity contribution < 1.29 is 0 Å². The number of aromatic amines is 1. The molecule has 2 aromatic rings. The topological polar surface area (TPSA) is 53.4 Å². The Morgan fingerprint density at radius 1 is 1.00 bits per heavy atom. The van der Waals surface area contributed by atoms with Gasteiger partial charge in [-0.3, -0.25) is 5.10 Å². The Morgan fingerprint density at radius 3 is 2.25 bits per heavy atom. The summed E-state index contributed by atoms with van der Waals surface area (Å²) in [5.41, 5.74) is 4.70. The lowest BCUT2D eigenvalue weighted by molar-refractivity contribution is 1.02. The van der Waals surface area contributed by atoms with Crippen LogP contribution < -0.4 is 0 Å². The molecule has 2 rings (SSSR count). The summed E-state index contributed by atoms with van der Waals surface area (Å²) in [5, 5.41) is 15.3. The smallest absolute Gasteiger partial charge is 0.129 e. The number of benzene rings is 1. The molecule has 0 spiro atoms. The van der Waals surface area contributed by atoms with Crippen molar-refractivity contribution >= 4 is 11.4 Å². The lowest BCUT2D eigenvalue weighted by Crippen LogP contribution is -1.70. The minimum absolute atomic E-state index is 0.820. The van der Waals surface area contributed by atoms with E-state index in [-0.39, 0.29) is 0 Å². The van der Waals surface area contributed by atoms with Gasteiger partial charge < -0.3 is 0 Å². The van der Waals surface area contributed by atoms with Crippen molar-refractivity contribution in [2.45, 2.75) is 20.8 Å². The SMILES string of the molecule is Cc1ccc(/N=N/c2c(C)n[nH]c2C)cc1. The summed E-state index contributed by atoms with van der Waals surface area (Å²) in [6, 6.07) is 7.93. The van der Waals surface area contributed by atoms with Crippen LogP contribution in [0.25, 0.3) is 0 Å². The molecule has 0 saturated heterocycles. The Hall–Kier alpha value is -1.97. The van der Waals surface area contributed by atoms with Gasteiger partial charge >= 0.3 is 0 Å². The maximum atomic E-state index is 4.20. The summed E-state index contributed by atoms with van der Waals surface area (Å²) in [5.74, 6) is 0. The number of nitrogens with one attached hydrogen (secondary N) is 1. The molecule has 1 N–H and O–H groups in total. The number of azo groups is 1. The molecule has 0 saturated carbocycles. The van der Waals surface area contributed by atoms with Gasteiger partial charge in [0.2, 0.25) is 0 Å². The highest BCUT2D eigenvalue weighted by Gasteiger charge is 2.03. The second kappa shape index (κ2) is 4.26. The molecule has 1 aromatic carbocycles.